The van der Waals surface area contributed by atoms with Crippen LogP contribution in [-0.2, 0) is 12.8 Å². The van der Waals surface area contributed by atoms with E-state index in [4.69, 9.17) is 13.9 Å². The Hall–Kier alpha value is -5.05. The number of hydrogen-bond donors (Lipinski definition) is 0. The Morgan fingerprint density at radius 2 is 1.65 bits per heavy atom. The van der Waals surface area contributed by atoms with E-state index in [1.54, 1.807) is 43.3 Å². The molecule has 6 nitrogen and oxygen atoms in total. The smallest absolute Gasteiger partial charge is 0.416 e. The van der Waals surface area contributed by atoms with Gasteiger partial charge in [0.1, 0.15) is 12.2 Å². The molecule has 6 rings (SSSR count). The summed E-state index contributed by atoms with van der Waals surface area (Å²) < 4.78 is 59.0. The second-order valence-electron chi connectivity index (χ2n) is 10.2. The minimum Gasteiger partial charge on any atom is -0.490 e. The predicted octanol–water partition coefficient (Wildman–Crippen LogP) is 7.85. The largest absolute Gasteiger partial charge is 0.490 e. The minimum atomic E-state index is -4.64. The van der Waals surface area contributed by atoms with Gasteiger partial charge in [-0.3, -0.25) is 14.5 Å². The zero-order chi connectivity index (χ0) is 30.3. The van der Waals surface area contributed by atoms with Gasteiger partial charge in [0.15, 0.2) is 16.9 Å². The summed E-state index contributed by atoms with van der Waals surface area (Å²) >= 11 is 0. The summed E-state index contributed by atoms with van der Waals surface area (Å²) in [4.78, 5) is 29.0. The van der Waals surface area contributed by atoms with Crippen LogP contribution in [0.2, 0.25) is 0 Å². The van der Waals surface area contributed by atoms with Crippen LogP contribution in [-0.4, -0.2) is 12.5 Å². The van der Waals surface area contributed by atoms with E-state index in [9.17, 15) is 22.8 Å². The number of aryl methyl sites for hydroxylation is 1. The number of alkyl halides is 3. The summed E-state index contributed by atoms with van der Waals surface area (Å²) in [5.41, 5.74) is 1.07. The highest BCUT2D eigenvalue weighted by Gasteiger charge is 2.44. The number of nitrogens with zero attached hydrogens (tertiary/aromatic N) is 1. The second-order valence-corrected chi connectivity index (χ2v) is 10.2. The number of carbonyl (C=O) groups excluding carboxylic acids is 1. The van der Waals surface area contributed by atoms with Gasteiger partial charge in [-0.15, -0.1) is 0 Å². The lowest BCUT2D eigenvalue weighted by atomic mass is 9.97. The monoisotopic (exact) mass is 585 g/mol. The lowest BCUT2D eigenvalue weighted by Crippen LogP contribution is -2.29. The Balaban J connectivity index is 1.52. The number of ether oxygens (including phenoxy) is 2. The number of carbonyl (C=O) groups is 1. The van der Waals surface area contributed by atoms with Gasteiger partial charge in [-0.25, -0.2) is 0 Å². The van der Waals surface area contributed by atoms with Gasteiger partial charge in [-0.2, -0.15) is 13.2 Å². The van der Waals surface area contributed by atoms with Crippen LogP contribution in [0.25, 0.3) is 11.0 Å². The molecule has 1 aliphatic rings. The normalized spacial score (nSPS) is 14.7. The van der Waals surface area contributed by atoms with E-state index in [0.29, 0.717) is 23.7 Å². The number of fused-ring (bicyclic) bond motifs is 2. The van der Waals surface area contributed by atoms with Crippen molar-refractivity contribution in [3.8, 4) is 11.5 Å². The van der Waals surface area contributed by atoms with Crippen LogP contribution < -0.4 is 19.8 Å². The number of halogens is 3. The third-order valence-electron chi connectivity index (χ3n) is 7.30. The summed E-state index contributed by atoms with van der Waals surface area (Å²) in [6.07, 6.45) is -4.64. The highest BCUT2D eigenvalue weighted by Crippen LogP contribution is 2.44. The molecule has 4 aromatic carbocycles. The standard InChI is InChI=1S/C34H26F3NO5/c1-3-41-28-17-22(13-15-27(28)42-19-21-8-5-4-6-9-21)30-29-31(39)25-16-20(2)12-14-26(25)43-32(29)33(40)38(30)24-11-7-10-23(18-24)34(35,36)37/h4-18,30H,3,19H2,1-2H3. The lowest BCUT2D eigenvalue weighted by Gasteiger charge is -2.26. The molecular formula is C34H26F3NO5. The van der Waals surface area contributed by atoms with Crippen LogP contribution in [0.3, 0.4) is 0 Å². The first-order chi connectivity index (χ1) is 20.7. The summed E-state index contributed by atoms with van der Waals surface area (Å²) in [5, 5.41) is 0.273. The Kier molecular flexibility index (Phi) is 7.17. The van der Waals surface area contributed by atoms with Crippen LogP contribution in [0.15, 0.2) is 100 Å². The topological polar surface area (TPSA) is 69.0 Å². The molecule has 0 saturated carbocycles. The maximum Gasteiger partial charge on any atom is 0.416 e. The molecule has 0 aliphatic carbocycles. The summed E-state index contributed by atoms with van der Waals surface area (Å²) in [5.74, 6) is -0.139. The molecule has 0 fully saturated rings. The van der Waals surface area contributed by atoms with E-state index in [1.807, 2.05) is 37.3 Å². The molecule has 1 aromatic heterocycles. The number of amides is 1. The number of anilines is 1. The minimum absolute atomic E-state index is 0.0294. The molecule has 9 heteroatoms. The van der Waals surface area contributed by atoms with E-state index < -0.39 is 29.1 Å². The highest BCUT2D eigenvalue weighted by molar-refractivity contribution is 6.10. The lowest BCUT2D eigenvalue weighted by molar-refractivity contribution is -0.137. The zero-order valence-corrected chi connectivity index (χ0v) is 23.3. The molecule has 0 radical (unpaired) electrons. The molecule has 1 aliphatic heterocycles. The molecule has 1 amide bonds. The van der Waals surface area contributed by atoms with Gasteiger partial charge < -0.3 is 13.9 Å². The van der Waals surface area contributed by atoms with Crippen LogP contribution >= 0.6 is 0 Å². The Morgan fingerprint density at radius 1 is 0.860 bits per heavy atom. The van der Waals surface area contributed by atoms with E-state index in [-0.39, 0.29) is 34.6 Å². The molecule has 2 heterocycles. The number of rotatable bonds is 7. The first kappa shape index (κ1) is 28.1. The SMILES string of the molecule is CCOc1cc(C2c3c(oc4ccc(C)cc4c3=O)C(=O)N2c2cccc(C(F)(F)F)c2)ccc1OCc1ccccc1. The van der Waals surface area contributed by atoms with Crippen molar-refractivity contribution < 1.29 is 31.9 Å². The summed E-state index contributed by atoms with van der Waals surface area (Å²) in [6, 6.07) is 22.9. The van der Waals surface area contributed by atoms with Crippen LogP contribution in [0, 0.1) is 6.92 Å². The third-order valence-corrected chi connectivity index (χ3v) is 7.30. The van der Waals surface area contributed by atoms with Gasteiger partial charge in [-0.05, 0) is 67.4 Å². The Morgan fingerprint density at radius 3 is 2.40 bits per heavy atom. The fourth-order valence-electron chi connectivity index (χ4n) is 5.32. The quantitative estimate of drug-likeness (QED) is 0.195. The molecule has 1 atom stereocenters. The van der Waals surface area contributed by atoms with Crippen LogP contribution in [0.1, 0.15) is 51.3 Å². The maximum absolute atomic E-state index is 14.0. The molecule has 5 aromatic rings. The second kappa shape index (κ2) is 11.0. The van der Waals surface area contributed by atoms with E-state index >= 15 is 0 Å². The molecule has 0 bridgehead atoms. The highest BCUT2D eigenvalue weighted by atomic mass is 19.4. The van der Waals surface area contributed by atoms with Crippen molar-refractivity contribution >= 4 is 22.6 Å². The van der Waals surface area contributed by atoms with Crippen LogP contribution in [0.4, 0.5) is 18.9 Å². The van der Waals surface area contributed by atoms with Gasteiger partial charge >= 0.3 is 6.18 Å². The van der Waals surface area contributed by atoms with Crippen molar-refractivity contribution in [3.05, 3.63) is 135 Å². The fourth-order valence-corrected chi connectivity index (χ4v) is 5.32. The van der Waals surface area contributed by atoms with Gasteiger partial charge in [0.05, 0.1) is 29.2 Å². The molecule has 0 N–H and O–H groups in total. The average molecular weight is 586 g/mol. The summed E-state index contributed by atoms with van der Waals surface area (Å²) in [6.45, 7) is 4.21. The van der Waals surface area contributed by atoms with Crippen molar-refractivity contribution in [3.63, 3.8) is 0 Å². The van der Waals surface area contributed by atoms with E-state index in [2.05, 4.69) is 0 Å². The van der Waals surface area contributed by atoms with Gasteiger partial charge in [-0.1, -0.05) is 54.1 Å². The molecule has 0 spiro atoms. The molecule has 1 unspecified atom stereocenters. The number of benzene rings is 4. The first-order valence-corrected chi connectivity index (χ1v) is 13.7. The van der Waals surface area contributed by atoms with Gasteiger partial charge in [0, 0.05) is 5.69 Å². The molecule has 0 saturated heterocycles. The van der Waals surface area contributed by atoms with Crippen molar-refractivity contribution in [2.24, 2.45) is 0 Å². The molecule has 218 valence electrons. The van der Waals surface area contributed by atoms with E-state index in [1.165, 1.54) is 17.0 Å². The third kappa shape index (κ3) is 5.22. The molecular weight excluding hydrogens is 559 g/mol. The van der Waals surface area contributed by atoms with Crippen molar-refractivity contribution in [2.75, 3.05) is 11.5 Å². The Bertz CT molecular complexity index is 1900. The van der Waals surface area contributed by atoms with Crippen molar-refractivity contribution in [1.82, 2.24) is 0 Å². The van der Waals surface area contributed by atoms with E-state index in [0.717, 1.165) is 23.3 Å². The predicted molar refractivity (Wildman–Crippen MR) is 156 cm³/mol. The fraction of sp³-hybridized carbons (Fsp3) is 0.176. The van der Waals surface area contributed by atoms with Crippen molar-refractivity contribution in [2.45, 2.75) is 32.7 Å². The van der Waals surface area contributed by atoms with Gasteiger partial charge in [0.25, 0.3) is 5.91 Å². The number of hydrogen-bond acceptors (Lipinski definition) is 5. The average Bonchev–Trinajstić information content (AvgIpc) is 3.29. The zero-order valence-electron chi connectivity index (χ0n) is 23.3. The van der Waals surface area contributed by atoms with Gasteiger partial charge in [0.2, 0.25) is 5.76 Å². The van der Waals surface area contributed by atoms with Crippen LogP contribution in [0.5, 0.6) is 11.5 Å². The first-order valence-electron chi connectivity index (χ1n) is 13.7. The maximum atomic E-state index is 14.0. The molecule has 43 heavy (non-hydrogen) atoms. The Labute approximate surface area is 244 Å². The van der Waals surface area contributed by atoms with Crippen molar-refractivity contribution in [1.29, 1.82) is 0 Å². The summed E-state index contributed by atoms with van der Waals surface area (Å²) in [7, 11) is 0.